The number of nitrogens with one attached hydrogen (secondary N) is 1. The second-order valence-electron chi connectivity index (χ2n) is 4.93. The van der Waals surface area contributed by atoms with Crippen LogP contribution in [-0.4, -0.2) is 37.5 Å². The molecule has 0 amide bonds. The lowest BCUT2D eigenvalue weighted by molar-refractivity contribution is 0.122. The third kappa shape index (κ3) is 8.85. The van der Waals surface area contributed by atoms with Gasteiger partial charge in [0.25, 0.3) is 0 Å². The van der Waals surface area contributed by atoms with E-state index in [1.165, 1.54) is 0 Å². The Balaban J connectivity index is 3.62. The second-order valence-corrected chi connectivity index (χ2v) is 4.93. The average Bonchev–Trinajstić information content (AvgIpc) is 2.21. The van der Waals surface area contributed by atoms with Gasteiger partial charge in [0.2, 0.25) is 0 Å². The molecule has 0 bridgehead atoms. The van der Waals surface area contributed by atoms with Gasteiger partial charge in [-0.2, -0.15) is 0 Å². The maximum absolute atomic E-state index is 8.78. The average molecular weight is 217 g/mol. The zero-order valence-corrected chi connectivity index (χ0v) is 10.7. The molecule has 3 nitrogen and oxygen atoms in total. The maximum Gasteiger partial charge on any atom is 0.0616 e. The Kier molecular flexibility index (Phi) is 8.02. The van der Waals surface area contributed by atoms with E-state index in [0.717, 1.165) is 32.6 Å². The van der Waals surface area contributed by atoms with Gasteiger partial charge in [-0.25, -0.2) is 0 Å². The molecular formula is C12H27NO2. The minimum absolute atomic E-state index is 0.253. The van der Waals surface area contributed by atoms with Crippen molar-refractivity contribution in [2.24, 2.45) is 5.41 Å². The first-order chi connectivity index (χ1) is 7.02. The minimum atomic E-state index is 0.253. The monoisotopic (exact) mass is 217 g/mol. The molecule has 3 heteroatoms. The molecule has 92 valence electrons. The fraction of sp³-hybridized carbons (Fsp3) is 1.00. The predicted octanol–water partition coefficient (Wildman–Crippen LogP) is 1.80. The van der Waals surface area contributed by atoms with Crippen LogP contribution in [0.5, 0.6) is 0 Å². The van der Waals surface area contributed by atoms with E-state index in [0.29, 0.717) is 6.04 Å². The van der Waals surface area contributed by atoms with Crippen LogP contribution in [0.15, 0.2) is 0 Å². The molecule has 0 saturated heterocycles. The zero-order chi connectivity index (χ0) is 11.7. The molecule has 0 radical (unpaired) electrons. The Morgan fingerprint density at radius 3 is 2.60 bits per heavy atom. The van der Waals surface area contributed by atoms with Crippen molar-refractivity contribution in [2.45, 2.75) is 46.6 Å². The highest BCUT2D eigenvalue weighted by Crippen LogP contribution is 2.20. The minimum Gasteiger partial charge on any atom is -0.396 e. The highest BCUT2D eigenvalue weighted by molar-refractivity contribution is 4.73. The van der Waals surface area contributed by atoms with Gasteiger partial charge in [0, 0.05) is 25.8 Å². The summed E-state index contributed by atoms with van der Waals surface area (Å²) in [4.78, 5) is 0. The van der Waals surface area contributed by atoms with Crippen molar-refractivity contribution in [3.05, 3.63) is 0 Å². The molecule has 0 aliphatic heterocycles. The SMILES string of the molecule is CCOCC(C)NCC(C)(C)CCCO. The lowest BCUT2D eigenvalue weighted by Crippen LogP contribution is -2.38. The summed E-state index contributed by atoms with van der Waals surface area (Å²) in [6.45, 7) is 11.4. The van der Waals surface area contributed by atoms with E-state index >= 15 is 0 Å². The standard InChI is InChI=1S/C12H27NO2/c1-5-15-9-11(2)13-10-12(3,4)7-6-8-14/h11,13-14H,5-10H2,1-4H3. The van der Waals surface area contributed by atoms with Crippen LogP contribution < -0.4 is 5.32 Å². The van der Waals surface area contributed by atoms with Crippen LogP contribution in [0.25, 0.3) is 0 Å². The van der Waals surface area contributed by atoms with E-state index in [-0.39, 0.29) is 12.0 Å². The van der Waals surface area contributed by atoms with Gasteiger partial charge >= 0.3 is 0 Å². The molecule has 0 fully saturated rings. The van der Waals surface area contributed by atoms with Gasteiger partial charge in [0.1, 0.15) is 0 Å². The van der Waals surface area contributed by atoms with E-state index in [9.17, 15) is 0 Å². The Morgan fingerprint density at radius 2 is 2.07 bits per heavy atom. The van der Waals surface area contributed by atoms with Crippen molar-refractivity contribution in [2.75, 3.05) is 26.4 Å². The molecule has 0 heterocycles. The number of hydrogen-bond donors (Lipinski definition) is 2. The summed E-state index contributed by atoms with van der Waals surface area (Å²) in [6, 6.07) is 0.401. The van der Waals surface area contributed by atoms with E-state index < -0.39 is 0 Å². The molecule has 0 aliphatic rings. The summed E-state index contributed by atoms with van der Waals surface area (Å²) in [5.74, 6) is 0. The van der Waals surface area contributed by atoms with Crippen molar-refractivity contribution in [3.63, 3.8) is 0 Å². The number of aliphatic hydroxyl groups excluding tert-OH is 1. The van der Waals surface area contributed by atoms with Crippen LogP contribution >= 0.6 is 0 Å². The van der Waals surface area contributed by atoms with E-state index in [1.54, 1.807) is 0 Å². The maximum atomic E-state index is 8.78. The molecule has 0 saturated carbocycles. The number of rotatable bonds is 9. The number of ether oxygens (including phenoxy) is 1. The summed E-state index contributed by atoms with van der Waals surface area (Å²) >= 11 is 0. The quantitative estimate of drug-likeness (QED) is 0.619. The van der Waals surface area contributed by atoms with Crippen molar-refractivity contribution < 1.29 is 9.84 Å². The Bertz CT molecular complexity index is 149. The van der Waals surface area contributed by atoms with Crippen LogP contribution in [0.1, 0.15) is 40.5 Å². The van der Waals surface area contributed by atoms with Gasteiger partial charge in [-0.3, -0.25) is 0 Å². The number of hydrogen-bond acceptors (Lipinski definition) is 3. The van der Waals surface area contributed by atoms with Crippen LogP contribution in [0.2, 0.25) is 0 Å². The first-order valence-electron chi connectivity index (χ1n) is 5.94. The predicted molar refractivity (Wildman–Crippen MR) is 64.1 cm³/mol. The summed E-state index contributed by atoms with van der Waals surface area (Å²) in [6.07, 6.45) is 1.94. The lowest BCUT2D eigenvalue weighted by atomic mass is 9.87. The van der Waals surface area contributed by atoms with Crippen LogP contribution in [0.3, 0.4) is 0 Å². The lowest BCUT2D eigenvalue weighted by Gasteiger charge is -2.27. The summed E-state index contributed by atoms with van der Waals surface area (Å²) in [5, 5.41) is 12.2. The fourth-order valence-electron chi connectivity index (χ4n) is 1.45. The molecule has 0 aromatic carbocycles. The smallest absolute Gasteiger partial charge is 0.0616 e. The van der Waals surface area contributed by atoms with Crippen molar-refractivity contribution in [1.82, 2.24) is 5.32 Å². The normalized spacial score (nSPS) is 14.2. The van der Waals surface area contributed by atoms with Gasteiger partial charge in [-0.1, -0.05) is 13.8 Å². The molecule has 0 aromatic rings. The first-order valence-corrected chi connectivity index (χ1v) is 5.94. The highest BCUT2D eigenvalue weighted by atomic mass is 16.5. The van der Waals surface area contributed by atoms with Crippen molar-refractivity contribution in [3.8, 4) is 0 Å². The Labute approximate surface area is 94.2 Å². The molecule has 0 aromatic heterocycles. The molecule has 1 atom stereocenters. The van der Waals surface area contributed by atoms with E-state index in [4.69, 9.17) is 9.84 Å². The van der Waals surface area contributed by atoms with Gasteiger partial charge in [0.05, 0.1) is 6.61 Å². The molecular weight excluding hydrogens is 190 g/mol. The summed E-state index contributed by atoms with van der Waals surface area (Å²) < 4.78 is 5.34. The summed E-state index contributed by atoms with van der Waals surface area (Å²) in [5.41, 5.74) is 0.253. The summed E-state index contributed by atoms with van der Waals surface area (Å²) in [7, 11) is 0. The van der Waals surface area contributed by atoms with Gasteiger partial charge < -0.3 is 15.2 Å². The van der Waals surface area contributed by atoms with Gasteiger partial charge in [-0.15, -0.1) is 0 Å². The zero-order valence-electron chi connectivity index (χ0n) is 10.7. The molecule has 1 unspecified atom stereocenters. The number of aliphatic hydroxyl groups is 1. The molecule has 0 rings (SSSR count). The van der Waals surface area contributed by atoms with Crippen molar-refractivity contribution in [1.29, 1.82) is 0 Å². The third-order valence-electron chi connectivity index (χ3n) is 2.51. The van der Waals surface area contributed by atoms with E-state index in [1.807, 2.05) is 6.92 Å². The molecule has 0 spiro atoms. The molecule has 0 aliphatic carbocycles. The van der Waals surface area contributed by atoms with Gasteiger partial charge in [0.15, 0.2) is 0 Å². The van der Waals surface area contributed by atoms with E-state index in [2.05, 4.69) is 26.1 Å². The molecule has 15 heavy (non-hydrogen) atoms. The largest absolute Gasteiger partial charge is 0.396 e. The van der Waals surface area contributed by atoms with Gasteiger partial charge in [-0.05, 0) is 32.1 Å². The topological polar surface area (TPSA) is 41.5 Å². The van der Waals surface area contributed by atoms with Crippen LogP contribution in [0, 0.1) is 5.41 Å². The Morgan fingerprint density at radius 1 is 1.40 bits per heavy atom. The Hall–Kier alpha value is -0.120. The van der Waals surface area contributed by atoms with Crippen molar-refractivity contribution >= 4 is 0 Å². The van der Waals surface area contributed by atoms with Crippen LogP contribution in [-0.2, 0) is 4.74 Å². The highest BCUT2D eigenvalue weighted by Gasteiger charge is 2.17. The van der Waals surface area contributed by atoms with Crippen LogP contribution in [0.4, 0.5) is 0 Å². The fourth-order valence-corrected chi connectivity index (χ4v) is 1.45. The molecule has 2 N–H and O–H groups in total. The second kappa shape index (κ2) is 8.08. The third-order valence-corrected chi connectivity index (χ3v) is 2.51. The first kappa shape index (κ1) is 14.9.